The molecule has 1 aliphatic heterocycles. The number of hydrogen-bond acceptors (Lipinski definition) is 10. The van der Waals surface area contributed by atoms with E-state index >= 15 is 0 Å². The van der Waals surface area contributed by atoms with E-state index in [0.29, 0.717) is 5.69 Å². The number of hydrogen-bond donors (Lipinski definition) is 6. The number of rotatable bonds is 15. The summed E-state index contributed by atoms with van der Waals surface area (Å²) in [5.74, 6) is -2.68. The summed E-state index contributed by atoms with van der Waals surface area (Å²) in [6.45, 7) is -0.191. The van der Waals surface area contributed by atoms with Crippen molar-refractivity contribution in [2.45, 2.75) is 42.8 Å². The minimum absolute atomic E-state index is 0.0496. The van der Waals surface area contributed by atoms with E-state index in [-0.39, 0.29) is 49.2 Å². The summed E-state index contributed by atoms with van der Waals surface area (Å²) >= 11 is 1.03. The molecule has 0 saturated carbocycles. The fourth-order valence-corrected chi connectivity index (χ4v) is 5.90. The van der Waals surface area contributed by atoms with E-state index in [9.17, 15) is 28.8 Å². The third-order valence-corrected chi connectivity index (χ3v) is 8.62. The first kappa shape index (κ1) is 35.6. The summed E-state index contributed by atoms with van der Waals surface area (Å²) in [4.78, 5) is 76.5. The third kappa shape index (κ3) is 10.1. The van der Waals surface area contributed by atoms with Gasteiger partial charge in [0.05, 0.1) is 17.8 Å². The van der Waals surface area contributed by atoms with Crippen molar-refractivity contribution in [2.75, 3.05) is 17.6 Å². The number of carbonyl (C=O) groups is 6. The van der Waals surface area contributed by atoms with Crippen LogP contribution in [-0.4, -0.2) is 76.2 Å². The highest BCUT2D eigenvalue weighted by atomic mass is 32.2. The molecule has 48 heavy (non-hydrogen) atoms. The predicted molar refractivity (Wildman–Crippen MR) is 179 cm³/mol. The van der Waals surface area contributed by atoms with E-state index in [0.717, 1.165) is 22.9 Å². The molecule has 14 nitrogen and oxygen atoms in total. The number of nitrogens with two attached hydrogens (primary N) is 3. The Labute approximate surface area is 281 Å². The van der Waals surface area contributed by atoms with Crippen LogP contribution in [-0.2, 0) is 36.9 Å². The minimum Gasteiger partial charge on any atom is -0.410 e. The summed E-state index contributed by atoms with van der Waals surface area (Å²) in [6, 6.07) is 21.0. The zero-order valence-corrected chi connectivity index (χ0v) is 26.7. The first-order valence-electron chi connectivity index (χ1n) is 15.0. The number of nitrogens with zero attached hydrogens (tertiary/aromatic N) is 1. The van der Waals surface area contributed by atoms with Crippen LogP contribution in [0.1, 0.15) is 17.5 Å². The number of primary amides is 1. The van der Waals surface area contributed by atoms with Crippen molar-refractivity contribution in [3.63, 3.8) is 0 Å². The van der Waals surface area contributed by atoms with Gasteiger partial charge in [0.2, 0.25) is 29.5 Å². The Hall–Kier alpha value is -5.25. The van der Waals surface area contributed by atoms with Gasteiger partial charge in [-0.3, -0.25) is 28.9 Å². The van der Waals surface area contributed by atoms with Crippen LogP contribution in [0.4, 0.5) is 10.5 Å². The summed E-state index contributed by atoms with van der Waals surface area (Å²) < 4.78 is 5.26. The number of carbonyl (C=O) groups excluding carboxylic acids is 6. The lowest BCUT2D eigenvalue weighted by molar-refractivity contribution is -0.139. The second kappa shape index (κ2) is 17.1. The molecule has 1 fully saturated rings. The van der Waals surface area contributed by atoms with Crippen molar-refractivity contribution >= 4 is 53.1 Å². The van der Waals surface area contributed by atoms with Gasteiger partial charge in [-0.25, -0.2) is 4.79 Å². The van der Waals surface area contributed by atoms with Crippen LogP contribution < -0.4 is 37.9 Å². The van der Waals surface area contributed by atoms with Gasteiger partial charge in [0, 0.05) is 24.4 Å². The van der Waals surface area contributed by atoms with Crippen molar-refractivity contribution in [3.05, 3.63) is 96.1 Å². The smallest absolute Gasteiger partial charge is 0.410 e. The minimum atomic E-state index is -1.28. The summed E-state index contributed by atoms with van der Waals surface area (Å²) in [5, 5.41) is 6.80. The molecular formula is C33H37N7O7S. The maximum atomic E-state index is 12.9. The van der Waals surface area contributed by atoms with Crippen LogP contribution in [0.3, 0.4) is 0 Å². The maximum absolute atomic E-state index is 12.9. The number of likely N-dealkylation sites (tertiary alicyclic amines) is 1. The third-order valence-electron chi connectivity index (χ3n) is 7.32. The SMILES string of the molecule is NCC(NC(=O)Oc1ccc(C[C@H](N)C(=O)Nc2ccccc2)cc1)C(=O)N[C@@H](CSC1CC(=O)N(Cc2ccccc2)C1=O)C(N)=O. The predicted octanol–water partition coefficient (Wildman–Crippen LogP) is 0.642. The monoisotopic (exact) mass is 675 g/mol. The van der Waals surface area contributed by atoms with Crippen LogP contribution in [0.15, 0.2) is 84.9 Å². The molecule has 6 amide bonds. The van der Waals surface area contributed by atoms with Crippen molar-refractivity contribution in [1.82, 2.24) is 15.5 Å². The summed E-state index contributed by atoms with van der Waals surface area (Å²) in [6.07, 6.45) is -0.797. The molecule has 1 aliphatic rings. The van der Waals surface area contributed by atoms with Crippen LogP contribution >= 0.6 is 11.8 Å². The topological polar surface area (TPSA) is 229 Å². The first-order chi connectivity index (χ1) is 23.0. The van der Waals surface area contributed by atoms with Gasteiger partial charge in [-0.15, -0.1) is 11.8 Å². The Balaban J connectivity index is 1.24. The molecule has 0 spiro atoms. The lowest BCUT2D eigenvalue weighted by atomic mass is 10.1. The van der Waals surface area contributed by atoms with Crippen molar-refractivity contribution < 1.29 is 33.5 Å². The Kier molecular flexibility index (Phi) is 12.7. The van der Waals surface area contributed by atoms with E-state index in [1.165, 1.54) is 17.0 Å². The second-order valence-electron chi connectivity index (χ2n) is 10.9. The van der Waals surface area contributed by atoms with Gasteiger partial charge in [0.25, 0.3) is 0 Å². The molecule has 1 heterocycles. The molecule has 252 valence electrons. The number of imide groups is 1. The standard InChI is InChI=1S/C33H37N7O7S/c34-17-25(39-33(46)47-23-13-11-20(12-14-23)15-24(35)30(43)37-22-9-5-2-6-10-22)31(44)38-26(29(36)42)19-48-27-16-28(41)40(32(27)45)18-21-7-3-1-4-8-21/h1-14,24-27H,15-19,34-35H2,(H2,36,42)(H,37,43)(H,38,44)(H,39,46)/t24-,25?,26-,27?/m0/s1. The fraction of sp³-hybridized carbons (Fsp3) is 0.273. The highest BCUT2D eigenvalue weighted by molar-refractivity contribution is 8.00. The maximum Gasteiger partial charge on any atom is 0.413 e. The highest BCUT2D eigenvalue weighted by Crippen LogP contribution is 2.27. The van der Waals surface area contributed by atoms with E-state index in [1.807, 2.05) is 36.4 Å². The lowest BCUT2D eigenvalue weighted by Crippen LogP contribution is -2.56. The Morgan fingerprint density at radius 2 is 1.50 bits per heavy atom. The molecular weight excluding hydrogens is 638 g/mol. The fourth-order valence-electron chi connectivity index (χ4n) is 4.70. The van der Waals surface area contributed by atoms with Gasteiger partial charge in [0.15, 0.2) is 0 Å². The molecule has 1 saturated heterocycles. The zero-order chi connectivity index (χ0) is 34.6. The molecule has 2 unspecified atom stereocenters. The van der Waals surface area contributed by atoms with E-state index < -0.39 is 47.2 Å². The molecule has 4 atom stereocenters. The van der Waals surface area contributed by atoms with E-state index in [1.54, 1.807) is 36.4 Å². The van der Waals surface area contributed by atoms with Crippen LogP contribution in [0.25, 0.3) is 0 Å². The van der Waals surface area contributed by atoms with Crippen LogP contribution in [0.2, 0.25) is 0 Å². The first-order valence-corrected chi connectivity index (χ1v) is 16.1. The number of thioether (sulfide) groups is 1. The molecule has 0 radical (unpaired) electrons. The number of amides is 6. The number of anilines is 1. The number of ether oxygens (including phenoxy) is 1. The molecule has 15 heteroatoms. The number of benzene rings is 3. The highest BCUT2D eigenvalue weighted by Gasteiger charge is 2.39. The van der Waals surface area contributed by atoms with Gasteiger partial charge in [-0.2, -0.15) is 0 Å². The Morgan fingerprint density at radius 1 is 0.854 bits per heavy atom. The molecule has 3 aromatic carbocycles. The average Bonchev–Trinajstić information content (AvgIpc) is 3.34. The van der Waals surface area contributed by atoms with E-state index in [2.05, 4.69) is 16.0 Å². The normalized spacial score (nSPS) is 16.0. The van der Waals surface area contributed by atoms with Gasteiger partial charge in [-0.1, -0.05) is 60.7 Å². The quantitative estimate of drug-likeness (QED) is 0.123. The number of nitrogens with one attached hydrogen (secondary N) is 3. The van der Waals surface area contributed by atoms with Crippen molar-refractivity contribution in [2.24, 2.45) is 17.2 Å². The van der Waals surface area contributed by atoms with Crippen LogP contribution in [0.5, 0.6) is 5.75 Å². The summed E-state index contributed by atoms with van der Waals surface area (Å²) in [7, 11) is 0. The molecule has 0 bridgehead atoms. The Morgan fingerprint density at radius 3 is 2.12 bits per heavy atom. The van der Waals surface area contributed by atoms with Crippen molar-refractivity contribution in [3.8, 4) is 5.75 Å². The molecule has 4 rings (SSSR count). The van der Waals surface area contributed by atoms with Crippen LogP contribution in [0, 0.1) is 0 Å². The summed E-state index contributed by atoms with van der Waals surface area (Å²) in [5.41, 5.74) is 19.4. The number of para-hydroxylation sites is 1. The van der Waals surface area contributed by atoms with Gasteiger partial charge in [0.1, 0.15) is 17.8 Å². The average molecular weight is 676 g/mol. The molecule has 0 aliphatic carbocycles. The lowest BCUT2D eigenvalue weighted by Gasteiger charge is -2.21. The second-order valence-corrected chi connectivity index (χ2v) is 12.2. The van der Waals surface area contributed by atoms with Crippen molar-refractivity contribution in [1.29, 1.82) is 0 Å². The van der Waals surface area contributed by atoms with Gasteiger partial charge in [-0.05, 0) is 41.8 Å². The zero-order valence-electron chi connectivity index (χ0n) is 25.9. The van der Waals surface area contributed by atoms with Gasteiger partial charge >= 0.3 is 6.09 Å². The Bertz CT molecular complexity index is 1610. The molecule has 3 aromatic rings. The molecule has 0 aromatic heterocycles. The van der Waals surface area contributed by atoms with E-state index in [4.69, 9.17) is 21.9 Å². The molecule has 9 N–H and O–H groups in total. The largest absolute Gasteiger partial charge is 0.413 e. The van der Waals surface area contributed by atoms with Gasteiger partial charge < -0.3 is 37.9 Å².